The Labute approximate surface area is 78.8 Å². The molecule has 0 aromatic carbocycles. The molecular formula is C10H15N3. The zero-order chi connectivity index (χ0) is 9.10. The SMILES string of the molecule is CC1CCCN(c2cncnc2)C1. The smallest absolute Gasteiger partial charge is 0.115 e. The molecule has 2 heterocycles. The zero-order valence-electron chi connectivity index (χ0n) is 7.98. The first-order chi connectivity index (χ1) is 6.36. The molecule has 1 fully saturated rings. The standard InChI is InChI=1S/C10H15N3/c1-9-3-2-4-13(7-9)10-5-11-8-12-6-10/h5-6,8-9H,2-4,7H2,1H3. The molecule has 1 aliphatic rings. The lowest BCUT2D eigenvalue weighted by atomic mass is 10.0. The molecule has 0 radical (unpaired) electrons. The predicted octanol–water partition coefficient (Wildman–Crippen LogP) is 1.71. The summed E-state index contributed by atoms with van der Waals surface area (Å²) in [5.41, 5.74) is 1.16. The molecule has 0 N–H and O–H groups in total. The molecule has 3 nitrogen and oxygen atoms in total. The van der Waals surface area contributed by atoms with E-state index in [4.69, 9.17) is 0 Å². The largest absolute Gasteiger partial charge is 0.369 e. The number of nitrogens with zero attached hydrogens (tertiary/aromatic N) is 3. The molecule has 1 atom stereocenters. The topological polar surface area (TPSA) is 29.0 Å². The first-order valence-corrected chi connectivity index (χ1v) is 4.86. The van der Waals surface area contributed by atoms with Gasteiger partial charge in [-0.3, -0.25) is 0 Å². The van der Waals surface area contributed by atoms with Gasteiger partial charge in [0, 0.05) is 13.1 Å². The van der Waals surface area contributed by atoms with Crippen molar-refractivity contribution in [3.63, 3.8) is 0 Å². The Hall–Kier alpha value is -1.12. The maximum absolute atomic E-state index is 4.03. The Bertz CT molecular complexity index is 260. The second-order valence-corrected chi connectivity index (χ2v) is 3.79. The molecule has 3 heteroatoms. The molecule has 0 amide bonds. The van der Waals surface area contributed by atoms with Crippen molar-refractivity contribution in [2.75, 3.05) is 18.0 Å². The minimum absolute atomic E-state index is 0.800. The van der Waals surface area contributed by atoms with Gasteiger partial charge >= 0.3 is 0 Å². The monoisotopic (exact) mass is 177 g/mol. The highest BCUT2D eigenvalue weighted by atomic mass is 15.1. The van der Waals surface area contributed by atoms with E-state index in [1.807, 2.05) is 12.4 Å². The van der Waals surface area contributed by atoms with Gasteiger partial charge in [-0.05, 0) is 18.8 Å². The maximum Gasteiger partial charge on any atom is 0.115 e. The van der Waals surface area contributed by atoms with Gasteiger partial charge in [0.05, 0.1) is 18.1 Å². The summed E-state index contributed by atoms with van der Waals surface area (Å²) in [6.45, 7) is 4.60. The van der Waals surface area contributed by atoms with Gasteiger partial charge in [0.2, 0.25) is 0 Å². The molecule has 1 aromatic heterocycles. The molecule has 13 heavy (non-hydrogen) atoms. The molecule has 0 aliphatic carbocycles. The highest BCUT2D eigenvalue weighted by Crippen LogP contribution is 2.20. The maximum atomic E-state index is 4.03. The van der Waals surface area contributed by atoms with Crippen LogP contribution in [0.3, 0.4) is 0 Å². The van der Waals surface area contributed by atoms with Crippen molar-refractivity contribution in [2.24, 2.45) is 5.92 Å². The first kappa shape index (κ1) is 8.48. The summed E-state index contributed by atoms with van der Waals surface area (Å²) in [6.07, 6.45) is 8.01. The number of hydrogen-bond acceptors (Lipinski definition) is 3. The van der Waals surface area contributed by atoms with Crippen LogP contribution in [0.5, 0.6) is 0 Å². The van der Waals surface area contributed by atoms with Crippen LogP contribution in [0.1, 0.15) is 19.8 Å². The molecule has 1 aliphatic heterocycles. The van der Waals surface area contributed by atoms with Crippen LogP contribution in [0, 0.1) is 5.92 Å². The van der Waals surface area contributed by atoms with Crippen molar-refractivity contribution in [3.05, 3.63) is 18.7 Å². The van der Waals surface area contributed by atoms with Crippen LogP contribution in [0.4, 0.5) is 5.69 Å². The molecule has 70 valence electrons. The summed E-state index contributed by atoms with van der Waals surface area (Å²) in [5, 5.41) is 0. The lowest BCUT2D eigenvalue weighted by Gasteiger charge is -2.32. The van der Waals surface area contributed by atoms with Crippen LogP contribution in [-0.4, -0.2) is 23.1 Å². The molecule has 1 unspecified atom stereocenters. The highest BCUT2D eigenvalue weighted by molar-refractivity contribution is 5.41. The van der Waals surface area contributed by atoms with E-state index >= 15 is 0 Å². The first-order valence-electron chi connectivity index (χ1n) is 4.86. The number of anilines is 1. The minimum atomic E-state index is 0.800. The van der Waals surface area contributed by atoms with E-state index in [1.54, 1.807) is 6.33 Å². The summed E-state index contributed by atoms with van der Waals surface area (Å²) in [4.78, 5) is 10.4. The van der Waals surface area contributed by atoms with Crippen LogP contribution in [-0.2, 0) is 0 Å². The normalized spacial score (nSPS) is 23.2. The van der Waals surface area contributed by atoms with Crippen molar-refractivity contribution < 1.29 is 0 Å². The van der Waals surface area contributed by atoms with Crippen LogP contribution in [0.2, 0.25) is 0 Å². The van der Waals surface area contributed by atoms with Crippen molar-refractivity contribution in [3.8, 4) is 0 Å². The second-order valence-electron chi connectivity index (χ2n) is 3.79. The van der Waals surface area contributed by atoms with Crippen LogP contribution >= 0.6 is 0 Å². The van der Waals surface area contributed by atoms with E-state index in [0.717, 1.165) is 24.7 Å². The Morgan fingerprint density at radius 3 is 2.85 bits per heavy atom. The fourth-order valence-electron chi connectivity index (χ4n) is 1.88. The van der Waals surface area contributed by atoms with Gasteiger partial charge in [0.25, 0.3) is 0 Å². The number of rotatable bonds is 1. The number of hydrogen-bond donors (Lipinski definition) is 0. The third-order valence-electron chi connectivity index (χ3n) is 2.57. The molecule has 0 bridgehead atoms. The van der Waals surface area contributed by atoms with Crippen LogP contribution in [0.25, 0.3) is 0 Å². The lowest BCUT2D eigenvalue weighted by molar-refractivity contribution is 0.446. The van der Waals surface area contributed by atoms with Crippen LogP contribution < -0.4 is 4.90 Å². The lowest BCUT2D eigenvalue weighted by Crippen LogP contribution is -2.34. The van der Waals surface area contributed by atoms with Gasteiger partial charge in [-0.1, -0.05) is 6.92 Å². The Morgan fingerprint density at radius 2 is 2.15 bits per heavy atom. The molecular weight excluding hydrogens is 162 g/mol. The third kappa shape index (κ3) is 1.97. The molecule has 0 saturated carbocycles. The van der Waals surface area contributed by atoms with E-state index < -0.39 is 0 Å². The van der Waals surface area contributed by atoms with Gasteiger partial charge in [-0.2, -0.15) is 0 Å². The third-order valence-corrected chi connectivity index (χ3v) is 2.57. The van der Waals surface area contributed by atoms with E-state index in [1.165, 1.54) is 12.8 Å². The van der Waals surface area contributed by atoms with Crippen LogP contribution in [0.15, 0.2) is 18.7 Å². The summed E-state index contributed by atoms with van der Waals surface area (Å²) >= 11 is 0. The average Bonchev–Trinajstić information content (AvgIpc) is 2.19. The zero-order valence-corrected chi connectivity index (χ0v) is 7.98. The highest BCUT2D eigenvalue weighted by Gasteiger charge is 2.16. The predicted molar refractivity (Wildman–Crippen MR) is 52.6 cm³/mol. The second kappa shape index (κ2) is 3.73. The average molecular weight is 177 g/mol. The molecule has 0 spiro atoms. The molecule has 2 rings (SSSR count). The van der Waals surface area contributed by atoms with Gasteiger partial charge in [0.15, 0.2) is 0 Å². The van der Waals surface area contributed by atoms with Gasteiger partial charge in [-0.25, -0.2) is 9.97 Å². The quantitative estimate of drug-likeness (QED) is 0.654. The van der Waals surface area contributed by atoms with E-state index in [9.17, 15) is 0 Å². The van der Waals surface area contributed by atoms with E-state index in [0.29, 0.717) is 0 Å². The van der Waals surface area contributed by atoms with Gasteiger partial charge in [-0.15, -0.1) is 0 Å². The Balaban J connectivity index is 2.08. The van der Waals surface area contributed by atoms with Crippen molar-refractivity contribution in [1.29, 1.82) is 0 Å². The van der Waals surface area contributed by atoms with Crippen molar-refractivity contribution in [2.45, 2.75) is 19.8 Å². The Morgan fingerprint density at radius 1 is 1.38 bits per heavy atom. The van der Waals surface area contributed by atoms with Gasteiger partial charge < -0.3 is 4.90 Å². The fraction of sp³-hybridized carbons (Fsp3) is 0.600. The number of piperidine rings is 1. The van der Waals surface area contributed by atoms with Gasteiger partial charge in [0.1, 0.15) is 6.33 Å². The van der Waals surface area contributed by atoms with E-state index in [2.05, 4.69) is 21.8 Å². The van der Waals surface area contributed by atoms with Crippen molar-refractivity contribution >= 4 is 5.69 Å². The minimum Gasteiger partial charge on any atom is -0.369 e. The van der Waals surface area contributed by atoms with E-state index in [-0.39, 0.29) is 0 Å². The number of aromatic nitrogens is 2. The van der Waals surface area contributed by atoms with Crippen molar-refractivity contribution in [1.82, 2.24) is 9.97 Å². The summed E-state index contributed by atoms with van der Waals surface area (Å²) in [6, 6.07) is 0. The summed E-state index contributed by atoms with van der Waals surface area (Å²) < 4.78 is 0. The fourth-order valence-corrected chi connectivity index (χ4v) is 1.88. The molecule has 1 saturated heterocycles. The summed E-state index contributed by atoms with van der Waals surface area (Å²) in [7, 11) is 0. The molecule has 1 aromatic rings. The summed E-state index contributed by atoms with van der Waals surface area (Å²) in [5.74, 6) is 0.800. The Kier molecular flexibility index (Phi) is 2.43.